The van der Waals surface area contributed by atoms with E-state index in [0.717, 1.165) is 0 Å². The van der Waals surface area contributed by atoms with Crippen LogP contribution in [-0.2, 0) is 11.8 Å². The first-order valence-corrected chi connectivity index (χ1v) is 6.73. The van der Waals surface area contributed by atoms with E-state index in [2.05, 4.69) is 10.4 Å². The Hall–Kier alpha value is -2.57. The first-order chi connectivity index (χ1) is 10.0. The molecule has 112 valence electrons. The lowest BCUT2D eigenvalue weighted by atomic mass is 10.1. The lowest BCUT2D eigenvalue weighted by Gasteiger charge is -2.14. The van der Waals surface area contributed by atoms with Crippen molar-refractivity contribution in [1.82, 2.24) is 19.7 Å². The zero-order chi connectivity index (χ0) is 15.4. The number of carbonyl (C=O) groups is 2. The van der Waals surface area contributed by atoms with Gasteiger partial charge in [0, 0.05) is 19.4 Å². The van der Waals surface area contributed by atoms with Gasteiger partial charge in [-0.25, -0.2) is 4.79 Å². The van der Waals surface area contributed by atoms with Crippen molar-refractivity contribution in [2.75, 3.05) is 0 Å². The van der Waals surface area contributed by atoms with Gasteiger partial charge in [0.05, 0.1) is 6.20 Å². The van der Waals surface area contributed by atoms with E-state index in [1.807, 2.05) is 19.1 Å². The third-order valence-corrected chi connectivity index (χ3v) is 3.18. The van der Waals surface area contributed by atoms with Crippen molar-refractivity contribution in [2.45, 2.75) is 25.8 Å². The molecule has 7 heteroatoms. The molecule has 0 unspecified atom stereocenters. The average Bonchev–Trinajstić information content (AvgIpc) is 3.06. The fourth-order valence-corrected chi connectivity index (χ4v) is 2.16. The first kappa shape index (κ1) is 14.8. The number of nitrogens with zero attached hydrogens (tertiary/aromatic N) is 3. The van der Waals surface area contributed by atoms with E-state index in [1.54, 1.807) is 28.7 Å². The summed E-state index contributed by atoms with van der Waals surface area (Å²) < 4.78 is 3.34. The Bertz CT molecular complexity index is 631. The average molecular weight is 290 g/mol. The largest absolute Gasteiger partial charge is 0.480 e. The summed E-state index contributed by atoms with van der Waals surface area (Å²) in [6, 6.07) is 2.79. The van der Waals surface area contributed by atoms with Crippen LogP contribution in [0.2, 0.25) is 0 Å². The Labute approximate surface area is 122 Å². The molecule has 1 amide bonds. The maximum absolute atomic E-state index is 12.3. The third kappa shape index (κ3) is 3.13. The summed E-state index contributed by atoms with van der Waals surface area (Å²) in [5, 5.41) is 15.7. The number of amides is 1. The van der Waals surface area contributed by atoms with Crippen LogP contribution in [0.5, 0.6) is 0 Å². The summed E-state index contributed by atoms with van der Waals surface area (Å²) in [6.45, 7) is 1.87. The molecule has 7 nitrogen and oxygen atoms in total. The zero-order valence-electron chi connectivity index (χ0n) is 12.0. The first-order valence-electron chi connectivity index (χ1n) is 6.73. The van der Waals surface area contributed by atoms with Crippen LogP contribution in [0.25, 0.3) is 5.82 Å². The molecule has 1 atom stereocenters. The summed E-state index contributed by atoms with van der Waals surface area (Å²) in [4.78, 5) is 23.5. The molecule has 0 saturated heterocycles. The second-order valence-corrected chi connectivity index (χ2v) is 4.75. The third-order valence-electron chi connectivity index (χ3n) is 3.18. The van der Waals surface area contributed by atoms with Crippen molar-refractivity contribution >= 4 is 11.9 Å². The number of carboxylic acid groups (broad SMARTS) is 1. The summed E-state index contributed by atoms with van der Waals surface area (Å²) >= 11 is 0. The topological polar surface area (TPSA) is 89.2 Å². The summed E-state index contributed by atoms with van der Waals surface area (Å²) in [5.41, 5.74) is 0.344. The Balaban J connectivity index is 2.26. The van der Waals surface area contributed by atoms with E-state index in [9.17, 15) is 9.59 Å². The Morgan fingerprint density at radius 1 is 1.38 bits per heavy atom. The normalized spacial score (nSPS) is 12.1. The van der Waals surface area contributed by atoms with Gasteiger partial charge >= 0.3 is 5.97 Å². The van der Waals surface area contributed by atoms with Crippen LogP contribution in [0.15, 0.2) is 30.7 Å². The van der Waals surface area contributed by atoms with Gasteiger partial charge in [-0.15, -0.1) is 0 Å². The smallest absolute Gasteiger partial charge is 0.326 e. The van der Waals surface area contributed by atoms with Gasteiger partial charge < -0.3 is 15.0 Å². The van der Waals surface area contributed by atoms with E-state index in [-0.39, 0.29) is 0 Å². The molecular weight excluding hydrogens is 272 g/mol. The van der Waals surface area contributed by atoms with Gasteiger partial charge in [0.2, 0.25) is 0 Å². The van der Waals surface area contributed by atoms with Gasteiger partial charge in [-0.3, -0.25) is 9.48 Å². The quantitative estimate of drug-likeness (QED) is 0.836. The summed E-state index contributed by atoms with van der Waals surface area (Å²) in [7, 11) is 1.73. The molecule has 21 heavy (non-hydrogen) atoms. The van der Waals surface area contributed by atoms with Gasteiger partial charge in [-0.2, -0.15) is 5.10 Å². The number of aryl methyl sites for hydroxylation is 1. The molecule has 0 fully saturated rings. The highest BCUT2D eigenvalue weighted by Crippen LogP contribution is 2.14. The SMILES string of the molecule is CCC[C@H](NC(=O)c1cnn(C)c1-n1cccc1)C(=O)O. The second kappa shape index (κ2) is 6.25. The number of aliphatic carboxylic acids is 1. The minimum atomic E-state index is -1.03. The lowest BCUT2D eigenvalue weighted by Crippen LogP contribution is -2.40. The predicted molar refractivity (Wildman–Crippen MR) is 76.3 cm³/mol. The Morgan fingerprint density at radius 3 is 2.62 bits per heavy atom. The second-order valence-electron chi connectivity index (χ2n) is 4.75. The highest BCUT2D eigenvalue weighted by Gasteiger charge is 2.23. The van der Waals surface area contributed by atoms with Gasteiger partial charge in [0.15, 0.2) is 0 Å². The molecule has 0 spiro atoms. The number of carboxylic acids is 1. The monoisotopic (exact) mass is 290 g/mol. The van der Waals surface area contributed by atoms with Gasteiger partial charge in [0.1, 0.15) is 17.4 Å². The van der Waals surface area contributed by atoms with Gasteiger partial charge in [0.25, 0.3) is 5.91 Å². The number of hydrogen-bond acceptors (Lipinski definition) is 3. The van der Waals surface area contributed by atoms with E-state index in [4.69, 9.17) is 5.11 Å². The number of rotatable bonds is 6. The fourth-order valence-electron chi connectivity index (χ4n) is 2.16. The summed E-state index contributed by atoms with van der Waals surface area (Å²) in [6.07, 6.45) is 6.10. The van der Waals surface area contributed by atoms with Crippen LogP contribution in [0, 0.1) is 0 Å². The number of aromatic nitrogens is 3. The van der Waals surface area contributed by atoms with E-state index < -0.39 is 17.9 Å². The number of carbonyl (C=O) groups excluding carboxylic acids is 1. The minimum Gasteiger partial charge on any atom is -0.480 e. The summed E-state index contributed by atoms with van der Waals surface area (Å²) in [5.74, 6) is -0.873. The molecular formula is C14H18N4O3. The van der Waals surface area contributed by atoms with Crippen LogP contribution >= 0.6 is 0 Å². The van der Waals surface area contributed by atoms with Crippen LogP contribution < -0.4 is 5.32 Å². The van der Waals surface area contributed by atoms with Crippen molar-refractivity contribution in [1.29, 1.82) is 0 Å². The highest BCUT2D eigenvalue weighted by atomic mass is 16.4. The van der Waals surface area contributed by atoms with Crippen LogP contribution in [0.4, 0.5) is 0 Å². The van der Waals surface area contributed by atoms with Crippen LogP contribution in [0.1, 0.15) is 30.1 Å². The van der Waals surface area contributed by atoms with Gasteiger partial charge in [-0.05, 0) is 18.6 Å². The Kier molecular flexibility index (Phi) is 4.42. The molecule has 0 aliphatic carbocycles. The Morgan fingerprint density at radius 2 is 2.05 bits per heavy atom. The molecule has 0 radical (unpaired) electrons. The molecule has 0 saturated carbocycles. The van der Waals surface area contributed by atoms with Crippen LogP contribution in [0.3, 0.4) is 0 Å². The molecule has 0 aliphatic rings. The molecule has 2 aromatic rings. The lowest BCUT2D eigenvalue weighted by molar-refractivity contribution is -0.139. The van der Waals surface area contributed by atoms with E-state index in [0.29, 0.717) is 24.2 Å². The fraction of sp³-hybridized carbons (Fsp3) is 0.357. The van der Waals surface area contributed by atoms with Crippen molar-refractivity contribution in [3.63, 3.8) is 0 Å². The van der Waals surface area contributed by atoms with Gasteiger partial charge in [-0.1, -0.05) is 13.3 Å². The molecule has 2 aromatic heterocycles. The zero-order valence-corrected chi connectivity index (χ0v) is 12.0. The maximum atomic E-state index is 12.3. The molecule has 0 aliphatic heterocycles. The van der Waals surface area contributed by atoms with Crippen LogP contribution in [-0.4, -0.2) is 37.4 Å². The van der Waals surface area contributed by atoms with Crippen molar-refractivity contribution < 1.29 is 14.7 Å². The van der Waals surface area contributed by atoms with E-state index in [1.165, 1.54) is 6.20 Å². The van der Waals surface area contributed by atoms with E-state index >= 15 is 0 Å². The molecule has 2 heterocycles. The molecule has 0 bridgehead atoms. The highest BCUT2D eigenvalue weighted by molar-refractivity contribution is 5.99. The van der Waals surface area contributed by atoms with Crippen molar-refractivity contribution in [3.8, 4) is 5.82 Å². The number of hydrogen-bond donors (Lipinski definition) is 2. The molecule has 2 N–H and O–H groups in total. The van der Waals surface area contributed by atoms with Crippen molar-refractivity contribution in [3.05, 3.63) is 36.3 Å². The van der Waals surface area contributed by atoms with Crippen molar-refractivity contribution in [2.24, 2.45) is 7.05 Å². The standard InChI is InChI=1S/C14H18N4O3/c1-3-6-11(14(20)21)16-12(19)10-9-15-17(2)13(10)18-7-4-5-8-18/h4-5,7-9,11H,3,6H2,1-2H3,(H,16,19)(H,20,21)/t11-/m0/s1. The minimum absolute atomic E-state index is 0.344. The predicted octanol–water partition coefficient (Wildman–Crippen LogP) is 1.19. The number of nitrogens with one attached hydrogen (secondary N) is 1. The maximum Gasteiger partial charge on any atom is 0.326 e. The molecule has 0 aromatic carbocycles. The molecule has 2 rings (SSSR count).